The summed E-state index contributed by atoms with van der Waals surface area (Å²) < 4.78 is 11.7. The number of halogens is 1. The molecule has 0 heterocycles. The summed E-state index contributed by atoms with van der Waals surface area (Å²) in [4.78, 5) is 0. The van der Waals surface area contributed by atoms with Gasteiger partial charge < -0.3 is 10.6 Å². The Bertz CT molecular complexity index is 126. The van der Waals surface area contributed by atoms with E-state index in [0.29, 0.717) is 17.7 Å². The molecule has 0 atom stereocenters. The van der Waals surface area contributed by atoms with Crippen LogP contribution in [0.1, 0.15) is 26.7 Å². The van der Waals surface area contributed by atoms with Crippen LogP contribution in [-0.2, 0) is 0 Å². The third kappa shape index (κ3) is 5.29. The number of hydrogen-bond donors (Lipinski definition) is 2. The molecule has 12 heavy (non-hydrogen) atoms. The quantitative estimate of drug-likeness (QED) is 0.647. The fourth-order valence-corrected chi connectivity index (χ4v) is 1.16. The van der Waals surface area contributed by atoms with Gasteiger partial charge >= 0.3 is 0 Å². The minimum absolute atomic E-state index is 0.298. The minimum Gasteiger partial charge on any atom is -0.360 e. The molecule has 72 valence electrons. The molecule has 0 aliphatic carbocycles. The molecule has 0 spiro atoms. The topological polar surface area (TPSA) is 24.1 Å². The van der Waals surface area contributed by atoms with Gasteiger partial charge in [-0.15, -0.1) is 0 Å². The Morgan fingerprint density at radius 2 is 2.00 bits per heavy atom. The molecular weight excluding hydrogens is 175 g/mol. The first kappa shape index (κ1) is 11.6. The first-order valence-electron chi connectivity index (χ1n) is 4.34. The van der Waals surface area contributed by atoms with E-state index >= 15 is 0 Å². The van der Waals surface area contributed by atoms with Crippen molar-refractivity contribution in [3.8, 4) is 0 Å². The van der Waals surface area contributed by atoms with Crippen molar-refractivity contribution in [2.24, 2.45) is 0 Å². The summed E-state index contributed by atoms with van der Waals surface area (Å²) in [7, 11) is 0. The van der Waals surface area contributed by atoms with Gasteiger partial charge in [0, 0.05) is 12.6 Å². The highest BCUT2D eigenvalue weighted by Gasteiger charge is 2.03. The lowest BCUT2D eigenvalue weighted by atomic mass is 10.2. The Morgan fingerprint density at radius 1 is 1.42 bits per heavy atom. The molecular formula is C8H17FN2S. The van der Waals surface area contributed by atoms with E-state index in [9.17, 15) is 4.39 Å². The van der Waals surface area contributed by atoms with Gasteiger partial charge in [-0.3, -0.25) is 0 Å². The summed E-state index contributed by atoms with van der Waals surface area (Å²) in [5, 5.41) is 6.44. The zero-order valence-corrected chi connectivity index (χ0v) is 8.51. The Morgan fingerprint density at radius 3 is 2.42 bits per heavy atom. The molecule has 0 aromatic carbocycles. The van der Waals surface area contributed by atoms with Crippen LogP contribution in [0.25, 0.3) is 0 Å². The van der Waals surface area contributed by atoms with E-state index in [2.05, 4.69) is 24.5 Å². The molecule has 0 unspecified atom stereocenters. The van der Waals surface area contributed by atoms with Gasteiger partial charge in [0.2, 0.25) is 0 Å². The fourth-order valence-electron chi connectivity index (χ4n) is 0.890. The third-order valence-corrected chi connectivity index (χ3v) is 1.96. The van der Waals surface area contributed by atoms with Gasteiger partial charge in [0.05, 0.1) is 0 Å². The molecule has 0 saturated heterocycles. The zero-order valence-electron chi connectivity index (χ0n) is 7.69. The Labute approximate surface area is 78.9 Å². The normalized spacial score (nSPS) is 10.0. The molecule has 0 saturated carbocycles. The van der Waals surface area contributed by atoms with Crippen molar-refractivity contribution in [3.05, 3.63) is 0 Å². The number of hydrogen-bond acceptors (Lipinski definition) is 1. The largest absolute Gasteiger partial charge is 0.360 e. The van der Waals surface area contributed by atoms with E-state index in [0.717, 1.165) is 12.8 Å². The number of thiocarbonyl (C=S) groups is 1. The summed E-state index contributed by atoms with van der Waals surface area (Å²) in [5.74, 6) is 0. The lowest BCUT2D eigenvalue weighted by Crippen LogP contribution is -2.42. The molecule has 0 radical (unpaired) electrons. The third-order valence-electron chi connectivity index (χ3n) is 1.70. The van der Waals surface area contributed by atoms with Crippen LogP contribution in [0.15, 0.2) is 0 Å². The van der Waals surface area contributed by atoms with Crippen LogP contribution in [0, 0.1) is 0 Å². The summed E-state index contributed by atoms with van der Waals surface area (Å²) >= 11 is 4.94. The monoisotopic (exact) mass is 192 g/mol. The smallest absolute Gasteiger partial charge is 0.166 e. The Hall–Kier alpha value is -0.380. The molecule has 0 aromatic heterocycles. The van der Waals surface area contributed by atoms with Gasteiger partial charge in [-0.2, -0.15) is 0 Å². The second kappa shape index (κ2) is 7.28. The Balaban J connectivity index is 3.52. The van der Waals surface area contributed by atoms with E-state index in [1.807, 2.05) is 0 Å². The molecule has 0 bridgehead atoms. The molecule has 0 aliphatic rings. The molecule has 0 fully saturated rings. The first-order chi connectivity index (χ1) is 5.74. The maximum Gasteiger partial charge on any atom is 0.166 e. The maximum absolute atomic E-state index is 11.7. The summed E-state index contributed by atoms with van der Waals surface area (Å²) in [6.45, 7) is 4.11. The predicted octanol–water partition coefficient (Wildman–Crippen LogP) is 1.61. The number of nitrogens with one attached hydrogen (secondary N) is 2. The van der Waals surface area contributed by atoms with Crippen LogP contribution in [-0.4, -0.2) is 24.4 Å². The fraction of sp³-hybridized carbons (Fsp3) is 0.875. The van der Waals surface area contributed by atoms with E-state index in [-0.39, 0.29) is 6.67 Å². The van der Waals surface area contributed by atoms with Crippen molar-refractivity contribution < 1.29 is 4.39 Å². The average molecular weight is 192 g/mol. The summed E-state index contributed by atoms with van der Waals surface area (Å²) in [6.07, 6.45) is 2.07. The van der Waals surface area contributed by atoms with Gasteiger partial charge in [-0.1, -0.05) is 13.8 Å². The van der Waals surface area contributed by atoms with Crippen LogP contribution >= 0.6 is 12.2 Å². The van der Waals surface area contributed by atoms with Gasteiger partial charge in [0.1, 0.15) is 6.67 Å². The highest BCUT2D eigenvalue weighted by atomic mass is 32.1. The van der Waals surface area contributed by atoms with Crippen molar-refractivity contribution in [1.82, 2.24) is 10.6 Å². The molecule has 2 nitrogen and oxygen atoms in total. The van der Waals surface area contributed by atoms with Gasteiger partial charge in [0.25, 0.3) is 0 Å². The second-order valence-electron chi connectivity index (χ2n) is 2.60. The van der Waals surface area contributed by atoms with E-state index in [1.54, 1.807) is 0 Å². The van der Waals surface area contributed by atoms with E-state index in [4.69, 9.17) is 12.2 Å². The molecule has 2 N–H and O–H groups in total. The van der Waals surface area contributed by atoms with Crippen LogP contribution < -0.4 is 10.6 Å². The molecule has 4 heteroatoms. The minimum atomic E-state index is -0.384. The van der Waals surface area contributed by atoms with Crippen LogP contribution in [0.3, 0.4) is 0 Å². The molecule has 0 aromatic rings. The molecule has 0 rings (SSSR count). The van der Waals surface area contributed by atoms with Crippen LogP contribution in [0.5, 0.6) is 0 Å². The van der Waals surface area contributed by atoms with E-state index < -0.39 is 0 Å². The summed E-state index contributed by atoms with van der Waals surface area (Å²) in [5.41, 5.74) is 0. The zero-order chi connectivity index (χ0) is 9.40. The SMILES string of the molecule is CCC(CC)NC(=S)NCCF. The van der Waals surface area contributed by atoms with Gasteiger partial charge in [-0.05, 0) is 25.1 Å². The molecule has 0 amide bonds. The van der Waals surface area contributed by atoms with Crippen molar-refractivity contribution in [2.45, 2.75) is 32.7 Å². The number of rotatable bonds is 5. The highest BCUT2D eigenvalue weighted by Crippen LogP contribution is 1.94. The van der Waals surface area contributed by atoms with Crippen molar-refractivity contribution in [1.29, 1.82) is 0 Å². The maximum atomic E-state index is 11.7. The van der Waals surface area contributed by atoms with Crippen LogP contribution in [0.2, 0.25) is 0 Å². The lowest BCUT2D eigenvalue weighted by Gasteiger charge is -2.17. The first-order valence-corrected chi connectivity index (χ1v) is 4.75. The van der Waals surface area contributed by atoms with Crippen molar-refractivity contribution >= 4 is 17.3 Å². The average Bonchev–Trinajstić information content (AvgIpc) is 2.10. The summed E-state index contributed by atoms with van der Waals surface area (Å²) in [6, 6.07) is 0.407. The Kier molecular flexibility index (Phi) is 7.05. The van der Waals surface area contributed by atoms with Gasteiger partial charge in [-0.25, -0.2) is 4.39 Å². The second-order valence-corrected chi connectivity index (χ2v) is 3.01. The van der Waals surface area contributed by atoms with E-state index in [1.165, 1.54) is 0 Å². The predicted molar refractivity (Wildman–Crippen MR) is 54.1 cm³/mol. The lowest BCUT2D eigenvalue weighted by molar-refractivity contribution is 0.486. The molecule has 0 aliphatic heterocycles. The van der Waals surface area contributed by atoms with Gasteiger partial charge in [0.15, 0.2) is 5.11 Å². The van der Waals surface area contributed by atoms with Crippen LogP contribution in [0.4, 0.5) is 4.39 Å². The standard InChI is InChI=1S/C8H17FN2S/c1-3-7(4-2)11-8(12)10-6-5-9/h7H,3-6H2,1-2H3,(H2,10,11,12). The number of alkyl halides is 1. The van der Waals surface area contributed by atoms with Crippen molar-refractivity contribution in [2.75, 3.05) is 13.2 Å². The van der Waals surface area contributed by atoms with Crippen molar-refractivity contribution in [3.63, 3.8) is 0 Å². The highest BCUT2D eigenvalue weighted by molar-refractivity contribution is 7.80.